The van der Waals surface area contributed by atoms with Crippen LogP contribution in [-0.2, 0) is 12.8 Å². The Hall–Kier alpha value is -1.33. The van der Waals surface area contributed by atoms with Gasteiger partial charge in [0.05, 0.1) is 17.6 Å². The number of hydrogen-bond donors (Lipinski definition) is 1. The lowest BCUT2D eigenvalue weighted by Crippen LogP contribution is -2.34. The van der Waals surface area contributed by atoms with Crippen molar-refractivity contribution in [3.05, 3.63) is 35.4 Å². The number of unbranched alkanes of at least 4 members (excludes halogenated alkanes) is 2. The molecule has 0 amide bonds. The van der Waals surface area contributed by atoms with E-state index < -0.39 is 11.5 Å². The fourth-order valence-electron chi connectivity index (χ4n) is 2.90. The molecule has 1 aliphatic rings. The van der Waals surface area contributed by atoms with E-state index in [9.17, 15) is 10.4 Å². The summed E-state index contributed by atoms with van der Waals surface area (Å²) in [5, 5.41) is 19.9. The first kappa shape index (κ1) is 13.1. The van der Waals surface area contributed by atoms with E-state index in [1.807, 2.05) is 12.1 Å². The van der Waals surface area contributed by atoms with Gasteiger partial charge < -0.3 is 5.11 Å². The maximum Gasteiger partial charge on any atom is 0.0912 e. The quantitative estimate of drug-likeness (QED) is 0.807. The summed E-state index contributed by atoms with van der Waals surface area (Å²) >= 11 is 0. The highest BCUT2D eigenvalue weighted by atomic mass is 16.3. The molecular formula is C16H21NO. The van der Waals surface area contributed by atoms with Gasteiger partial charge >= 0.3 is 0 Å². The number of aliphatic hydroxyl groups excluding tert-OH is 1. The third-order valence-corrected chi connectivity index (χ3v) is 4.07. The molecule has 0 saturated carbocycles. The van der Waals surface area contributed by atoms with Gasteiger partial charge in [-0.2, -0.15) is 5.26 Å². The van der Waals surface area contributed by atoms with E-state index in [-0.39, 0.29) is 0 Å². The molecule has 1 aliphatic carbocycles. The molecule has 0 bridgehead atoms. The fraction of sp³-hybridized carbons (Fsp3) is 0.562. The fourth-order valence-corrected chi connectivity index (χ4v) is 2.90. The van der Waals surface area contributed by atoms with Crippen molar-refractivity contribution in [1.29, 1.82) is 5.26 Å². The topological polar surface area (TPSA) is 44.0 Å². The molecule has 1 aromatic carbocycles. The van der Waals surface area contributed by atoms with Gasteiger partial charge in [0, 0.05) is 0 Å². The minimum atomic E-state index is -0.586. The lowest BCUT2D eigenvalue weighted by atomic mass is 9.78. The summed E-state index contributed by atoms with van der Waals surface area (Å²) in [4.78, 5) is 0. The minimum Gasteiger partial charge on any atom is -0.391 e. The molecule has 0 spiro atoms. The SMILES string of the molecule is CCCCCC(O)C1(C#N)Cc2ccccc2C1. The standard InChI is InChI=1S/C16H21NO/c1-2-3-4-9-15(18)16(12-17)10-13-7-5-6-8-14(13)11-16/h5-8,15,18H,2-4,9-11H2,1H3. The molecule has 18 heavy (non-hydrogen) atoms. The first-order valence-corrected chi connectivity index (χ1v) is 6.88. The van der Waals surface area contributed by atoms with E-state index in [4.69, 9.17) is 0 Å². The van der Waals surface area contributed by atoms with Crippen molar-refractivity contribution in [3.63, 3.8) is 0 Å². The monoisotopic (exact) mass is 243 g/mol. The first-order chi connectivity index (χ1) is 8.72. The summed E-state index contributed by atoms with van der Waals surface area (Å²) in [6.45, 7) is 2.15. The van der Waals surface area contributed by atoms with Gasteiger partial charge in [-0.15, -0.1) is 0 Å². The lowest BCUT2D eigenvalue weighted by Gasteiger charge is -2.27. The predicted molar refractivity (Wildman–Crippen MR) is 72.0 cm³/mol. The highest BCUT2D eigenvalue weighted by molar-refractivity contribution is 5.37. The number of nitrogens with zero attached hydrogens (tertiary/aromatic N) is 1. The van der Waals surface area contributed by atoms with Crippen molar-refractivity contribution in [1.82, 2.24) is 0 Å². The molecule has 1 unspecified atom stereocenters. The summed E-state index contributed by atoms with van der Waals surface area (Å²) in [7, 11) is 0. The number of aliphatic hydroxyl groups is 1. The summed E-state index contributed by atoms with van der Waals surface area (Å²) in [6, 6.07) is 10.6. The van der Waals surface area contributed by atoms with Gasteiger partial charge in [-0.3, -0.25) is 0 Å². The third kappa shape index (κ3) is 2.42. The van der Waals surface area contributed by atoms with Gasteiger partial charge in [-0.25, -0.2) is 0 Å². The van der Waals surface area contributed by atoms with Crippen molar-refractivity contribution < 1.29 is 5.11 Å². The highest BCUT2D eigenvalue weighted by Gasteiger charge is 2.43. The Morgan fingerprint density at radius 3 is 2.39 bits per heavy atom. The average Bonchev–Trinajstić information content (AvgIpc) is 2.78. The van der Waals surface area contributed by atoms with E-state index in [2.05, 4.69) is 25.1 Å². The molecule has 0 aliphatic heterocycles. The average molecular weight is 243 g/mol. The van der Waals surface area contributed by atoms with Crippen LogP contribution in [0.4, 0.5) is 0 Å². The largest absolute Gasteiger partial charge is 0.391 e. The lowest BCUT2D eigenvalue weighted by molar-refractivity contribution is 0.0598. The molecule has 0 fully saturated rings. The maximum atomic E-state index is 10.4. The minimum absolute atomic E-state index is 0.499. The van der Waals surface area contributed by atoms with Gasteiger partial charge in [-0.05, 0) is 30.4 Å². The van der Waals surface area contributed by atoms with Crippen LogP contribution in [0.2, 0.25) is 0 Å². The highest BCUT2D eigenvalue weighted by Crippen LogP contribution is 2.40. The summed E-state index contributed by atoms with van der Waals surface area (Å²) in [6.07, 6.45) is 4.94. The number of hydrogen-bond acceptors (Lipinski definition) is 2. The van der Waals surface area contributed by atoms with Crippen LogP contribution in [0.5, 0.6) is 0 Å². The van der Waals surface area contributed by atoms with Crippen LogP contribution >= 0.6 is 0 Å². The van der Waals surface area contributed by atoms with Crippen molar-refractivity contribution in [2.24, 2.45) is 5.41 Å². The molecule has 2 heteroatoms. The van der Waals surface area contributed by atoms with Crippen LogP contribution in [0, 0.1) is 16.7 Å². The van der Waals surface area contributed by atoms with Gasteiger partial charge in [0.15, 0.2) is 0 Å². The van der Waals surface area contributed by atoms with Crippen LogP contribution < -0.4 is 0 Å². The maximum absolute atomic E-state index is 10.4. The predicted octanol–water partition coefficient (Wildman–Crippen LogP) is 3.24. The molecular weight excluding hydrogens is 222 g/mol. The van der Waals surface area contributed by atoms with Crippen LogP contribution in [0.15, 0.2) is 24.3 Å². The second-order valence-electron chi connectivity index (χ2n) is 5.40. The van der Waals surface area contributed by atoms with Gasteiger partial charge in [0.2, 0.25) is 0 Å². The molecule has 1 N–H and O–H groups in total. The van der Waals surface area contributed by atoms with Crippen LogP contribution in [0.1, 0.15) is 43.7 Å². The van der Waals surface area contributed by atoms with E-state index >= 15 is 0 Å². The van der Waals surface area contributed by atoms with Crippen LogP contribution in [0.25, 0.3) is 0 Å². The van der Waals surface area contributed by atoms with E-state index in [0.29, 0.717) is 12.8 Å². The van der Waals surface area contributed by atoms with Crippen molar-refractivity contribution in [3.8, 4) is 6.07 Å². The zero-order valence-electron chi connectivity index (χ0n) is 11.0. The Morgan fingerprint density at radius 2 is 1.89 bits per heavy atom. The zero-order valence-corrected chi connectivity index (χ0v) is 11.0. The van der Waals surface area contributed by atoms with E-state index in [0.717, 1.165) is 25.7 Å². The van der Waals surface area contributed by atoms with Crippen LogP contribution in [-0.4, -0.2) is 11.2 Å². The second kappa shape index (κ2) is 5.54. The summed E-state index contributed by atoms with van der Waals surface area (Å²) in [5.74, 6) is 0. The van der Waals surface area contributed by atoms with E-state index in [1.165, 1.54) is 11.1 Å². The van der Waals surface area contributed by atoms with Crippen molar-refractivity contribution in [2.75, 3.05) is 0 Å². The van der Waals surface area contributed by atoms with Gasteiger partial charge in [0.1, 0.15) is 0 Å². The van der Waals surface area contributed by atoms with Crippen molar-refractivity contribution >= 4 is 0 Å². The molecule has 0 heterocycles. The molecule has 96 valence electrons. The molecule has 1 atom stereocenters. The number of nitriles is 1. The number of benzene rings is 1. The molecule has 0 aromatic heterocycles. The third-order valence-electron chi connectivity index (χ3n) is 4.07. The number of fused-ring (bicyclic) bond motifs is 1. The zero-order chi connectivity index (χ0) is 13.0. The van der Waals surface area contributed by atoms with Gasteiger partial charge in [0.25, 0.3) is 0 Å². The summed E-state index contributed by atoms with van der Waals surface area (Å²) in [5.41, 5.74) is 1.87. The molecule has 2 rings (SSSR count). The first-order valence-electron chi connectivity index (χ1n) is 6.88. The Kier molecular flexibility index (Phi) is 4.04. The smallest absolute Gasteiger partial charge is 0.0912 e. The molecule has 0 saturated heterocycles. The Labute approximate surface area is 109 Å². The van der Waals surface area contributed by atoms with Crippen LogP contribution in [0.3, 0.4) is 0 Å². The van der Waals surface area contributed by atoms with E-state index in [1.54, 1.807) is 0 Å². The molecule has 0 radical (unpaired) electrons. The van der Waals surface area contributed by atoms with Crippen molar-refractivity contribution in [2.45, 2.75) is 51.6 Å². The Balaban J connectivity index is 2.08. The molecule has 1 aromatic rings. The Morgan fingerprint density at radius 1 is 1.28 bits per heavy atom. The summed E-state index contributed by atoms with van der Waals surface area (Å²) < 4.78 is 0. The van der Waals surface area contributed by atoms with Gasteiger partial charge in [-0.1, -0.05) is 50.5 Å². The Bertz CT molecular complexity index is 422. The molecule has 2 nitrogen and oxygen atoms in total. The normalized spacial score (nSPS) is 18.1. The number of rotatable bonds is 5. The second-order valence-corrected chi connectivity index (χ2v) is 5.40.